The Hall–Kier alpha value is -1.23. The molecule has 0 radical (unpaired) electrons. The molecule has 0 fully saturated rings. The van der Waals surface area contributed by atoms with Crippen molar-refractivity contribution in [2.45, 2.75) is 0 Å². The van der Waals surface area contributed by atoms with E-state index < -0.39 is 5.97 Å². The van der Waals surface area contributed by atoms with Crippen LogP contribution in [0, 0.1) is 0 Å². The lowest BCUT2D eigenvalue weighted by Gasteiger charge is -1.88. The maximum Gasteiger partial charge on any atom is 0.375 e. The molecule has 0 saturated carbocycles. The fourth-order valence-corrected chi connectivity index (χ4v) is 0.446. The van der Waals surface area contributed by atoms with Gasteiger partial charge in [0, 0.05) is 0 Å². The minimum Gasteiger partial charge on any atom is -0.475 e. The summed E-state index contributed by atoms with van der Waals surface area (Å²) in [5.41, 5.74) is 0. The normalized spacial score (nSPS) is 9.30. The van der Waals surface area contributed by atoms with Crippen molar-refractivity contribution in [2.24, 2.45) is 0 Å². The van der Waals surface area contributed by atoms with E-state index in [0.29, 0.717) is 0 Å². The van der Waals surface area contributed by atoms with Gasteiger partial charge < -0.3 is 5.11 Å². The van der Waals surface area contributed by atoms with Crippen LogP contribution in [0.3, 0.4) is 0 Å². The molecule has 0 saturated heterocycles. The highest BCUT2D eigenvalue weighted by Crippen LogP contribution is 1.97. The number of nitrogens with zero attached hydrogens (tertiary/aromatic N) is 3. The average molecular weight is 160 g/mol. The second kappa shape index (κ2) is 2.57. The van der Waals surface area contributed by atoms with Crippen LogP contribution in [0.25, 0.3) is 0 Å². The van der Waals surface area contributed by atoms with Crippen molar-refractivity contribution >= 4 is 17.6 Å². The lowest BCUT2D eigenvalue weighted by molar-refractivity contribution is 0.0682. The van der Waals surface area contributed by atoms with Crippen LogP contribution < -0.4 is 0 Å². The number of carbonyl (C=O) groups is 1. The first kappa shape index (κ1) is 6.88. The molecule has 0 aliphatic carbocycles. The van der Waals surface area contributed by atoms with E-state index in [9.17, 15) is 4.79 Å². The largest absolute Gasteiger partial charge is 0.475 e. The van der Waals surface area contributed by atoms with E-state index in [0.717, 1.165) is 6.20 Å². The molecule has 52 valence electrons. The monoisotopic (exact) mass is 159 g/mol. The molecule has 1 aromatic rings. The van der Waals surface area contributed by atoms with Gasteiger partial charge in [-0.15, -0.1) is 10.2 Å². The Morgan fingerprint density at radius 2 is 2.30 bits per heavy atom. The van der Waals surface area contributed by atoms with Crippen LogP contribution in [0.2, 0.25) is 5.15 Å². The molecule has 0 spiro atoms. The van der Waals surface area contributed by atoms with Crippen molar-refractivity contribution in [1.82, 2.24) is 15.2 Å². The number of aromatic carboxylic acids is 1. The van der Waals surface area contributed by atoms with Crippen molar-refractivity contribution in [2.75, 3.05) is 0 Å². The summed E-state index contributed by atoms with van der Waals surface area (Å²) in [5.74, 6) is -1.58. The van der Waals surface area contributed by atoms with Gasteiger partial charge in [0.05, 0.1) is 6.20 Å². The van der Waals surface area contributed by atoms with Crippen molar-refractivity contribution in [3.63, 3.8) is 0 Å². The summed E-state index contributed by atoms with van der Waals surface area (Å²) in [6.07, 6.45) is 1.12. The first-order chi connectivity index (χ1) is 4.70. The molecule has 1 heterocycles. The van der Waals surface area contributed by atoms with Gasteiger partial charge in [-0.25, -0.2) is 9.78 Å². The van der Waals surface area contributed by atoms with Gasteiger partial charge in [0.1, 0.15) is 0 Å². The van der Waals surface area contributed by atoms with Gasteiger partial charge in [0.25, 0.3) is 5.82 Å². The molecule has 0 unspecified atom stereocenters. The zero-order valence-electron chi connectivity index (χ0n) is 4.65. The second-order valence-corrected chi connectivity index (χ2v) is 1.80. The Balaban J connectivity index is 3.00. The predicted molar refractivity (Wildman–Crippen MR) is 31.8 cm³/mol. The lowest BCUT2D eigenvalue weighted by Crippen LogP contribution is -2.04. The highest BCUT2D eigenvalue weighted by atomic mass is 35.5. The van der Waals surface area contributed by atoms with E-state index in [1.54, 1.807) is 0 Å². The topological polar surface area (TPSA) is 76.0 Å². The maximum atomic E-state index is 10.1. The first-order valence-corrected chi connectivity index (χ1v) is 2.66. The molecule has 0 bridgehead atoms. The summed E-state index contributed by atoms with van der Waals surface area (Å²) in [6.45, 7) is 0. The predicted octanol–water partition coefficient (Wildman–Crippen LogP) is 0.223. The van der Waals surface area contributed by atoms with E-state index >= 15 is 0 Å². The van der Waals surface area contributed by atoms with E-state index in [4.69, 9.17) is 16.7 Å². The van der Waals surface area contributed by atoms with Crippen LogP contribution in [0.5, 0.6) is 0 Å². The Bertz CT molecular complexity index is 247. The van der Waals surface area contributed by atoms with Gasteiger partial charge in [-0.2, -0.15) is 0 Å². The first-order valence-electron chi connectivity index (χ1n) is 2.28. The number of rotatable bonds is 1. The number of hydrogen-bond acceptors (Lipinski definition) is 4. The SMILES string of the molecule is O=C(O)c1ncc(Cl)nn1. The van der Waals surface area contributed by atoms with Crippen molar-refractivity contribution in [3.05, 3.63) is 17.2 Å². The summed E-state index contributed by atoms with van der Waals surface area (Å²) in [6, 6.07) is 0. The Labute approximate surface area is 60.7 Å². The molecular formula is C4H2ClN3O2. The Morgan fingerprint density at radius 1 is 1.60 bits per heavy atom. The van der Waals surface area contributed by atoms with E-state index in [2.05, 4.69) is 15.2 Å². The van der Waals surface area contributed by atoms with Gasteiger partial charge in [-0.05, 0) is 0 Å². The minimum atomic E-state index is -1.22. The van der Waals surface area contributed by atoms with Crippen molar-refractivity contribution < 1.29 is 9.90 Å². The summed E-state index contributed by atoms with van der Waals surface area (Å²) in [7, 11) is 0. The number of carboxylic acids is 1. The summed E-state index contributed by atoms with van der Waals surface area (Å²) in [4.78, 5) is 13.5. The number of hydrogen-bond donors (Lipinski definition) is 1. The molecule has 1 aromatic heterocycles. The molecule has 0 aliphatic rings. The molecule has 0 atom stereocenters. The molecule has 10 heavy (non-hydrogen) atoms. The molecule has 0 aliphatic heterocycles. The third kappa shape index (κ3) is 1.38. The molecule has 5 nitrogen and oxygen atoms in total. The molecule has 6 heteroatoms. The molecule has 1 rings (SSSR count). The van der Waals surface area contributed by atoms with Gasteiger partial charge >= 0.3 is 5.97 Å². The van der Waals surface area contributed by atoms with E-state index in [1.165, 1.54) is 0 Å². The zero-order valence-corrected chi connectivity index (χ0v) is 5.41. The third-order valence-electron chi connectivity index (χ3n) is 0.725. The Morgan fingerprint density at radius 3 is 2.70 bits per heavy atom. The fourth-order valence-electron chi connectivity index (χ4n) is 0.359. The number of carboxylic acid groups (broad SMARTS) is 1. The Kier molecular flexibility index (Phi) is 1.77. The number of halogens is 1. The second-order valence-electron chi connectivity index (χ2n) is 1.41. The minimum absolute atomic E-state index is 0.0741. The molecule has 1 N–H and O–H groups in total. The molecule has 0 amide bonds. The highest BCUT2D eigenvalue weighted by molar-refractivity contribution is 6.29. The van der Waals surface area contributed by atoms with Gasteiger partial charge in [-0.3, -0.25) is 0 Å². The van der Waals surface area contributed by atoms with Gasteiger partial charge in [-0.1, -0.05) is 11.6 Å². The van der Waals surface area contributed by atoms with E-state index in [1.807, 2.05) is 0 Å². The summed E-state index contributed by atoms with van der Waals surface area (Å²) < 4.78 is 0. The van der Waals surface area contributed by atoms with Crippen LogP contribution in [0.15, 0.2) is 6.20 Å². The molecular weight excluding hydrogens is 158 g/mol. The summed E-state index contributed by atoms with van der Waals surface area (Å²) in [5, 5.41) is 14.8. The van der Waals surface area contributed by atoms with E-state index in [-0.39, 0.29) is 11.0 Å². The third-order valence-corrected chi connectivity index (χ3v) is 0.898. The van der Waals surface area contributed by atoms with Gasteiger partial charge in [0.15, 0.2) is 5.15 Å². The highest BCUT2D eigenvalue weighted by Gasteiger charge is 2.04. The van der Waals surface area contributed by atoms with Crippen LogP contribution in [0.1, 0.15) is 10.6 Å². The lowest BCUT2D eigenvalue weighted by atomic mass is 10.6. The number of aromatic nitrogens is 3. The van der Waals surface area contributed by atoms with Gasteiger partial charge in [0.2, 0.25) is 0 Å². The molecule has 0 aromatic carbocycles. The van der Waals surface area contributed by atoms with Crippen LogP contribution in [-0.2, 0) is 0 Å². The summed E-state index contributed by atoms with van der Waals surface area (Å²) >= 11 is 5.29. The fraction of sp³-hybridized carbons (Fsp3) is 0. The quantitative estimate of drug-likeness (QED) is 0.635. The van der Waals surface area contributed by atoms with Crippen LogP contribution in [-0.4, -0.2) is 26.3 Å². The standard InChI is InChI=1S/C4H2ClN3O2/c5-2-1-6-3(4(9)10)8-7-2/h1H,(H,9,10). The van der Waals surface area contributed by atoms with Crippen LogP contribution in [0.4, 0.5) is 0 Å². The smallest absolute Gasteiger partial charge is 0.375 e. The average Bonchev–Trinajstić information content (AvgIpc) is 1.88. The van der Waals surface area contributed by atoms with Crippen LogP contribution >= 0.6 is 11.6 Å². The maximum absolute atomic E-state index is 10.1. The zero-order chi connectivity index (χ0) is 7.56. The van der Waals surface area contributed by atoms with Crippen molar-refractivity contribution in [3.8, 4) is 0 Å². The van der Waals surface area contributed by atoms with Crippen molar-refractivity contribution in [1.29, 1.82) is 0 Å².